The maximum atomic E-state index is 14.2. The predicted molar refractivity (Wildman–Crippen MR) is 254 cm³/mol. The molecule has 0 aliphatic rings. The van der Waals surface area contributed by atoms with Gasteiger partial charge in [0.1, 0.15) is 41.7 Å². The number of nitrogen functional groups attached to an aromatic ring is 1. The minimum absolute atomic E-state index is 0. The Balaban J connectivity index is 0.00000533. The molecule has 40 heteroatoms. The van der Waals surface area contributed by atoms with Crippen molar-refractivity contribution in [3.63, 3.8) is 0 Å². The molecule has 6 rings (SSSR count). The van der Waals surface area contributed by atoms with Crippen molar-refractivity contribution < 1.29 is 201 Å². The summed E-state index contributed by atoms with van der Waals surface area (Å²) in [5.41, 5.74) is 2.43. The average molecular weight is 1250 g/mol. The van der Waals surface area contributed by atoms with Crippen LogP contribution in [0, 0.1) is 0 Å². The number of rotatable bonds is 20. The summed E-state index contributed by atoms with van der Waals surface area (Å²) >= 11 is 0. The number of aromatic amines is 3. The standard InChI is InChI=1S/C39H41N11O19S6.4Na/c1-2-22-5-3-4-6-27(22)43-39-45-37(41-13-16-70(53,54)17-14-51)44-38(46-39)42-25-9-12-29(72(57,58)59)28(21-25)48-50-35-31(74(63,64)65)20-23-19-30(73(60,61)62)34(33(40)32(23)36(35)52)49-47-24-7-10-26(11-8-24)71(55,56)18-15-69-75(66,67)68;;;;/h3-12,19-21,51-52H,2,13-18,40H2,1H3,(H,57,58,59)(H,60,61,62)(H,63,64,65)(H,66,67,68)(H3,41,42,43,44,45,46);;;;/q;4*+1/p-4. The molecule has 30 nitrogen and oxygen atoms in total. The van der Waals surface area contributed by atoms with Crippen molar-refractivity contribution in [2.75, 3.05) is 42.8 Å². The molecule has 0 atom stereocenters. The number of aromatic nitrogens is 3. The molecule has 0 bridgehead atoms. The maximum Gasteiger partial charge on any atom is 1.00 e. The van der Waals surface area contributed by atoms with Crippen LogP contribution >= 0.6 is 0 Å². The van der Waals surface area contributed by atoms with Crippen molar-refractivity contribution in [1.82, 2.24) is 15.0 Å². The van der Waals surface area contributed by atoms with E-state index in [9.17, 15) is 69.3 Å². The van der Waals surface area contributed by atoms with Crippen LogP contribution in [0.4, 0.5) is 39.8 Å². The van der Waals surface area contributed by atoms with Crippen LogP contribution in [0.3, 0.4) is 0 Å². The number of nitrogens with zero attached hydrogens (tertiary/aromatic N) is 7. The molecule has 0 aliphatic heterocycles. The summed E-state index contributed by atoms with van der Waals surface area (Å²) < 4.78 is 197. The van der Waals surface area contributed by atoms with Crippen LogP contribution in [-0.4, -0.2) is 126 Å². The van der Waals surface area contributed by atoms with Crippen molar-refractivity contribution >= 4 is 111 Å². The van der Waals surface area contributed by atoms with Crippen molar-refractivity contribution in [1.29, 1.82) is 0 Å². The van der Waals surface area contributed by atoms with Gasteiger partial charge in [0.15, 0.2) is 19.7 Å². The first-order chi connectivity index (χ1) is 34.9. The van der Waals surface area contributed by atoms with Crippen LogP contribution in [0.25, 0.3) is 10.8 Å². The molecular formula is C39H37N11Na4O19S6. The van der Waals surface area contributed by atoms with Gasteiger partial charge in [0.25, 0.3) is 0 Å². The number of para-hydroxylation sites is 1. The summed E-state index contributed by atoms with van der Waals surface area (Å²) in [5.74, 6) is -3.49. The van der Waals surface area contributed by atoms with Gasteiger partial charge in [-0.3, -0.25) is 24.5 Å². The number of aryl methyl sites for hydroxylation is 1. The minimum Gasteiger partial charge on any atom is -0.870 e. The molecule has 0 unspecified atom stereocenters. The molecule has 6 aromatic rings. The zero-order valence-electron chi connectivity index (χ0n) is 41.9. The van der Waals surface area contributed by atoms with Gasteiger partial charge in [0, 0.05) is 5.39 Å². The van der Waals surface area contributed by atoms with Gasteiger partial charge >= 0.3 is 129 Å². The monoisotopic (exact) mass is 1250 g/mol. The molecule has 0 saturated heterocycles. The van der Waals surface area contributed by atoms with Gasteiger partial charge in [-0.1, -0.05) is 30.9 Å². The smallest absolute Gasteiger partial charge is 0.870 e. The number of H-pyrrole nitrogens is 3. The van der Waals surface area contributed by atoms with Gasteiger partial charge in [-0.2, -0.15) is 13.5 Å². The molecule has 7 N–H and O–H groups in total. The topological polar surface area (TPSA) is 507 Å². The summed E-state index contributed by atoms with van der Waals surface area (Å²) in [6.07, 6.45) is 0.563. The fourth-order valence-corrected chi connectivity index (χ4v) is 10.8. The molecule has 0 fully saturated rings. The summed E-state index contributed by atoms with van der Waals surface area (Å²) in [7, 11) is -29.8. The molecule has 1 aromatic heterocycles. The van der Waals surface area contributed by atoms with Crippen LogP contribution in [-0.2, 0) is 71.0 Å². The van der Waals surface area contributed by atoms with E-state index >= 15 is 0 Å². The van der Waals surface area contributed by atoms with Crippen LogP contribution < -0.4 is 146 Å². The number of aliphatic hydroxyl groups excluding tert-OH is 1. The van der Waals surface area contributed by atoms with Crippen molar-refractivity contribution in [2.45, 2.75) is 32.9 Å². The van der Waals surface area contributed by atoms with Gasteiger partial charge in [0.2, 0.25) is 16.9 Å². The van der Waals surface area contributed by atoms with E-state index in [0.29, 0.717) is 30.3 Å². The summed E-state index contributed by atoms with van der Waals surface area (Å²) in [6.45, 7) is -0.00768. The maximum absolute atomic E-state index is 14.2. The van der Waals surface area contributed by atoms with Crippen molar-refractivity contribution in [3.05, 3.63) is 101 Å². The van der Waals surface area contributed by atoms with Crippen LogP contribution in [0.5, 0.6) is 5.75 Å². The van der Waals surface area contributed by atoms with E-state index in [1.165, 1.54) is 0 Å². The van der Waals surface area contributed by atoms with E-state index in [4.69, 9.17) is 15.4 Å². The number of fused-ring (bicyclic) bond motifs is 1. The first kappa shape index (κ1) is 72.1. The second-order valence-electron chi connectivity index (χ2n) is 15.1. The quantitative estimate of drug-likeness (QED) is 0.0179. The Morgan fingerprint density at radius 3 is 1.72 bits per heavy atom. The normalized spacial score (nSPS) is 13.3. The number of aliphatic hydroxyl groups is 1. The molecular weight excluding hydrogens is 1210 g/mol. The van der Waals surface area contributed by atoms with Gasteiger partial charge in [0.05, 0.1) is 85.0 Å². The molecule has 0 spiro atoms. The predicted octanol–water partition coefficient (Wildman–Crippen LogP) is -11.0. The number of anilines is 1. The van der Waals surface area contributed by atoms with Crippen LogP contribution in [0.15, 0.2) is 134 Å². The Bertz CT molecular complexity index is 4240. The number of benzene rings is 5. The third-order valence-corrected chi connectivity index (χ3v) is 16.3. The molecule has 0 aliphatic carbocycles. The molecule has 0 saturated carbocycles. The third kappa shape index (κ3) is 19.8. The van der Waals surface area contributed by atoms with Gasteiger partial charge in [-0.25, -0.2) is 56.3 Å². The van der Waals surface area contributed by atoms with Crippen molar-refractivity contribution in [3.8, 4) is 5.75 Å². The number of nitrogens with one attached hydrogen (secondary N) is 3. The number of sulfone groups is 2. The Labute approximate surface area is 538 Å². The number of hydrogen-bond donors (Lipinski definition) is 6. The fraction of sp³-hybridized carbons (Fsp3) is 0.205. The second kappa shape index (κ2) is 29.5. The van der Waals surface area contributed by atoms with Gasteiger partial charge in [-0.05, 0) is 78.0 Å². The third-order valence-electron chi connectivity index (χ3n) is 9.98. The van der Waals surface area contributed by atoms with Crippen LogP contribution in [0.2, 0.25) is 0 Å². The van der Waals surface area contributed by atoms with E-state index in [-0.39, 0.29) is 153 Å². The number of azo groups is 2. The number of hydrogen-bond acceptors (Lipinski definition) is 26. The molecule has 1 heterocycles. The summed E-state index contributed by atoms with van der Waals surface area (Å²) in [5, 5.41) is 36.3. The zero-order valence-corrected chi connectivity index (χ0v) is 54.8. The minimum atomic E-state index is -5.81. The SMILES string of the molecule is CCc1ccccc1N=c1[nH]c(=NCCS(=O)(=O)CCO)[nH]c(=Nc2ccc(S(=O)(=O)[O-])c(N=Nc3c(S(=O)(=O)[O-])cc4cc(S(=O)(=O)[O-])c(N=Nc5ccc(S(=O)(=O)CCOS(=O)(=O)O)cc5)c(N)c4c3[O-])c2)[nH]1.[Na+].[Na+].[Na+].[Na+]. The van der Waals surface area contributed by atoms with E-state index in [1.54, 1.807) is 18.2 Å². The van der Waals surface area contributed by atoms with E-state index in [1.807, 2.05) is 13.0 Å². The van der Waals surface area contributed by atoms with Crippen LogP contribution in [0.1, 0.15) is 12.5 Å². The Hall–Kier alpha value is -2.97. The Morgan fingerprint density at radius 2 is 1.15 bits per heavy atom. The molecule has 0 radical (unpaired) electrons. The molecule has 79 heavy (non-hydrogen) atoms. The zero-order chi connectivity index (χ0) is 55.3. The van der Waals surface area contributed by atoms with E-state index in [0.717, 1.165) is 42.0 Å². The first-order valence-corrected chi connectivity index (χ1v) is 29.8. The molecule has 5 aromatic carbocycles. The van der Waals surface area contributed by atoms with E-state index < -0.39 is 150 Å². The molecule has 402 valence electrons. The number of nitrogens with two attached hydrogens (primary N) is 1. The summed E-state index contributed by atoms with van der Waals surface area (Å²) in [4.78, 5) is 17.2. The summed E-state index contributed by atoms with van der Waals surface area (Å²) in [6, 6.07) is 14.3. The largest absolute Gasteiger partial charge is 1.00 e. The van der Waals surface area contributed by atoms with Gasteiger partial charge < -0.3 is 29.6 Å². The molecule has 0 amide bonds. The Morgan fingerprint density at radius 1 is 0.608 bits per heavy atom. The first-order valence-electron chi connectivity index (χ1n) is 20.7. The van der Waals surface area contributed by atoms with E-state index in [2.05, 4.69) is 54.6 Å². The van der Waals surface area contributed by atoms with Gasteiger partial charge in [-0.15, -0.1) is 15.3 Å². The Kier molecular flexibility index (Phi) is 27.0. The van der Waals surface area contributed by atoms with Crippen molar-refractivity contribution in [2.24, 2.45) is 35.4 Å². The second-order valence-corrected chi connectivity index (χ2v) is 24.7. The fourth-order valence-electron chi connectivity index (χ4n) is 6.57. The average Bonchev–Trinajstić information content (AvgIpc) is 3.29.